The Bertz CT molecular complexity index is 938. The number of hydrogen-bond donors (Lipinski definition) is 2. The quantitative estimate of drug-likeness (QED) is 0.862. The van der Waals surface area contributed by atoms with E-state index in [-0.39, 0.29) is 23.8 Å². The largest absolute Gasteiger partial charge is 0.342 e. The predicted octanol–water partition coefficient (Wildman–Crippen LogP) is 2.07. The van der Waals surface area contributed by atoms with Gasteiger partial charge < -0.3 is 10.2 Å². The van der Waals surface area contributed by atoms with Gasteiger partial charge in [0.2, 0.25) is 11.9 Å². The average molecular weight is 370 g/mol. The van der Waals surface area contributed by atoms with Crippen molar-refractivity contribution in [3.8, 4) is 0 Å². The molecule has 2 aromatic heterocycles. The van der Waals surface area contributed by atoms with E-state index in [1.54, 1.807) is 0 Å². The number of aryl methyl sites for hydroxylation is 2. The Morgan fingerprint density at radius 3 is 2.52 bits per heavy atom. The first-order valence-electron chi connectivity index (χ1n) is 9.72. The molecule has 8 heteroatoms. The number of fused-ring (bicyclic) bond motifs is 1. The maximum absolute atomic E-state index is 13.0. The van der Waals surface area contributed by atoms with Crippen LogP contribution < -0.4 is 15.8 Å². The number of amides is 1. The van der Waals surface area contributed by atoms with Crippen molar-refractivity contribution in [1.29, 1.82) is 0 Å². The Morgan fingerprint density at radius 2 is 1.85 bits per heavy atom. The van der Waals surface area contributed by atoms with Crippen LogP contribution >= 0.6 is 0 Å². The monoisotopic (exact) mass is 370 g/mol. The third-order valence-electron chi connectivity index (χ3n) is 5.68. The summed E-state index contributed by atoms with van der Waals surface area (Å²) in [4.78, 5) is 35.1. The number of anilines is 2. The minimum atomic E-state index is -0.319. The van der Waals surface area contributed by atoms with Gasteiger partial charge in [-0.25, -0.2) is 0 Å². The zero-order valence-electron chi connectivity index (χ0n) is 16.1. The lowest BCUT2D eigenvalue weighted by atomic mass is 9.85. The Hall–Kier alpha value is -2.64. The molecule has 0 aliphatic carbocycles. The van der Waals surface area contributed by atoms with E-state index in [4.69, 9.17) is 0 Å². The number of carbonyl (C=O) groups excluding carboxylic acids is 1. The fourth-order valence-corrected chi connectivity index (χ4v) is 4.38. The van der Waals surface area contributed by atoms with Crippen LogP contribution in [-0.2, 0) is 11.3 Å². The van der Waals surface area contributed by atoms with Crippen LogP contribution in [0.3, 0.4) is 0 Å². The number of nitrogens with one attached hydrogen (secondary N) is 2. The van der Waals surface area contributed by atoms with Gasteiger partial charge in [0.05, 0.1) is 11.3 Å². The summed E-state index contributed by atoms with van der Waals surface area (Å²) in [6.07, 6.45) is 3.61. The summed E-state index contributed by atoms with van der Waals surface area (Å²) in [5.41, 5.74) is 3.19. The number of carbonyl (C=O) groups is 1. The second-order valence-corrected chi connectivity index (χ2v) is 7.40. The molecule has 27 heavy (non-hydrogen) atoms. The van der Waals surface area contributed by atoms with E-state index in [0.717, 1.165) is 49.4 Å². The van der Waals surface area contributed by atoms with Crippen LogP contribution in [0.5, 0.6) is 0 Å². The Kier molecular flexibility index (Phi) is 4.49. The SMILES string of the molecule is CCn1nc(C)c([C@H]2CC(=O)Nc3nc(N4CCCCC4)[nH]c(=O)c32)c1C. The minimum absolute atomic E-state index is 0.113. The molecule has 144 valence electrons. The number of rotatable bonds is 3. The predicted molar refractivity (Wildman–Crippen MR) is 103 cm³/mol. The zero-order valence-corrected chi connectivity index (χ0v) is 16.1. The third kappa shape index (κ3) is 3.02. The molecule has 4 rings (SSSR count). The van der Waals surface area contributed by atoms with E-state index in [2.05, 4.69) is 25.3 Å². The van der Waals surface area contributed by atoms with Gasteiger partial charge in [-0.1, -0.05) is 0 Å². The first-order valence-corrected chi connectivity index (χ1v) is 9.72. The first-order chi connectivity index (χ1) is 13.0. The topological polar surface area (TPSA) is 95.9 Å². The molecule has 0 aromatic carbocycles. The first kappa shape index (κ1) is 17.8. The molecular weight excluding hydrogens is 344 g/mol. The highest BCUT2D eigenvalue weighted by molar-refractivity contribution is 5.94. The number of aromatic amines is 1. The zero-order chi connectivity index (χ0) is 19.1. The standard InChI is InChI=1S/C19H26N6O2/c1-4-25-12(3)15(11(2)23-25)13-10-14(26)20-17-16(13)18(27)22-19(21-17)24-8-6-5-7-9-24/h13H,4-10H2,1-3H3,(H2,20,21,22,26,27)/t13-/m1/s1. The molecule has 8 nitrogen and oxygen atoms in total. The summed E-state index contributed by atoms with van der Waals surface area (Å²) < 4.78 is 1.92. The Labute approximate surface area is 158 Å². The lowest BCUT2D eigenvalue weighted by Gasteiger charge is -2.29. The van der Waals surface area contributed by atoms with Gasteiger partial charge in [0.15, 0.2) is 0 Å². The molecule has 2 aliphatic rings. The van der Waals surface area contributed by atoms with E-state index in [1.807, 2.05) is 25.5 Å². The fourth-order valence-electron chi connectivity index (χ4n) is 4.38. The van der Waals surface area contributed by atoms with Gasteiger partial charge in [0, 0.05) is 43.2 Å². The molecule has 0 spiro atoms. The van der Waals surface area contributed by atoms with Gasteiger partial charge in [-0.3, -0.25) is 19.3 Å². The van der Waals surface area contributed by atoms with Crippen LogP contribution in [0, 0.1) is 13.8 Å². The highest BCUT2D eigenvalue weighted by atomic mass is 16.2. The fraction of sp³-hybridized carbons (Fsp3) is 0.579. The number of piperidine rings is 1. The van der Waals surface area contributed by atoms with Crippen LogP contribution in [0.4, 0.5) is 11.8 Å². The normalized spacial score (nSPS) is 19.7. The summed E-state index contributed by atoms with van der Waals surface area (Å²) in [5.74, 6) is 0.514. The lowest BCUT2D eigenvalue weighted by Crippen LogP contribution is -2.36. The summed E-state index contributed by atoms with van der Waals surface area (Å²) in [6.45, 7) is 8.46. The van der Waals surface area contributed by atoms with Crippen LogP contribution in [-0.4, -0.2) is 38.7 Å². The van der Waals surface area contributed by atoms with Gasteiger partial charge in [-0.15, -0.1) is 0 Å². The third-order valence-corrected chi connectivity index (χ3v) is 5.68. The van der Waals surface area contributed by atoms with E-state index in [9.17, 15) is 9.59 Å². The molecule has 2 aromatic rings. The summed E-state index contributed by atoms with van der Waals surface area (Å²) in [5, 5.41) is 7.38. The van der Waals surface area contributed by atoms with Crippen LogP contribution in [0.1, 0.15) is 61.0 Å². The molecular formula is C19H26N6O2. The number of nitrogens with zero attached hydrogens (tertiary/aromatic N) is 4. The highest BCUT2D eigenvalue weighted by Gasteiger charge is 2.34. The van der Waals surface area contributed by atoms with Crippen LogP contribution in [0.25, 0.3) is 0 Å². The van der Waals surface area contributed by atoms with Crippen molar-refractivity contribution in [1.82, 2.24) is 19.7 Å². The minimum Gasteiger partial charge on any atom is -0.342 e. The van der Waals surface area contributed by atoms with Crippen LogP contribution in [0.15, 0.2) is 4.79 Å². The van der Waals surface area contributed by atoms with Gasteiger partial charge in [-0.2, -0.15) is 10.1 Å². The molecule has 0 unspecified atom stereocenters. The van der Waals surface area contributed by atoms with Crippen molar-refractivity contribution in [3.05, 3.63) is 32.9 Å². The maximum atomic E-state index is 13.0. The molecule has 0 saturated carbocycles. The molecule has 2 aliphatic heterocycles. The number of aromatic nitrogens is 4. The van der Waals surface area contributed by atoms with Crippen LogP contribution in [0.2, 0.25) is 0 Å². The van der Waals surface area contributed by atoms with E-state index in [0.29, 0.717) is 17.3 Å². The van der Waals surface area contributed by atoms with E-state index < -0.39 is 0 Å². The second-order valence-electron chi connectivity index (χ2n) is 7.40. The molecule has 4 heterocycles. The Morgan fingerprint density at radius 1 is 1.11 bits per heavy atom. The summed E-state index contributed by atoms with van der Waals surface area (Å²) in [6, 6.07) is 0. The molecule has 1 fully saturated rings. The molecule has 0 bridgehead atoms. The molecule has 0 radical (unpaired) electrons. The summed E-state index contributed by atoms with van der Waals surface area (Å²) in [7, 11) is 0. The molecule has 1 saturated heterocycles. The Balaban J connectivity index is 1.82. The summed E-state index contributed by atoms with van der Waals surface area (Å²) >= 11 is 0. The average Bonchev–Trinajstić information content (AvgIpc) is 2.94. The smallest absolute Gasteiger partial charge is 0.258 e. The van der Waals surface area contributed by atoms with Crippen molar-refractivity contribution in [2.75, 3.05) is 23.3 Å². The molecule has 1 amide bonds. The van der Waals surface area contributed by atoms with Crippen molar-refractivity contribution in [3.63, 3.8) is 0 Å². The van der Waals surface area contributed by atoms with Crippen molar-refractivity contribution >= 4 is 17.7 Å². The number of H-pyrrole nitrogens is 1. The molecule has 1 atom stereocenters. The van der Waals surface area contributed by atoms with E-state index in [1.165, 1.54) is 6.42 Å². The van der Waals surface area contributed by atoms with Gasteiger partial charge in [0.1, 0.15) is 5.82 Å². The van der Waals surface area contributed by atoms with Gasteiger partial charge >= 0.3 is 0 Å². The highest BCUT2D eigenvalue weighted by Crippen LogP contribution is 2.37. The maximum Gasteiger partial charge on any atom is 0.258 e. The second kappa shape index (κ2) is 6.83. The van der Waals surface area contributed by atoms with Crippen molar-refractivity contribution < 1.29 is 4.79 Å². The number of hydrogen-bond acceptors (Lipinski definition) is 5. The van der Waals surface area contributed by atoms with E-state index >= 15 is 0 Å². The van der Waals surface area contributed by atoms with Gasteiger partial charge in [0.25, 0.3) is 5.56 Å². The van der Waals surface area contributed by atoms with Gasteiger partial charge in [-0.05, 0) is 40.0 Å². The lowest BCUT2D eigenvalue weighted by molar-refractivity contribution is -0.116. The molecule has 2 N–H and O–H groups in total. The van der Waals surface area contributed by atoms with Crippen molar-refractivity contribution in [2.45, 2.75) is 58.9 Å². The van der Waals surface area contributed by atoms with Crippen molar-refractivity contribution in [2.24, 2.45) is 0 Å².